The normalized spacial score (nSPS) is 31.4. The molecule has 1 aliphatic rings. The molecule has 102 valence electrons. The van der Waals surface area contributed by atoms with Gasteiger partial charge in [0, 0.05) is 13.2 Å². The highest BCUT2D eigenvalue weighted by Gasteiger charge is 2.26. The molecule has 0 aliphatic heterocycles. The summed E-state index contributed by atoms with van der Waals surface area (Å²) in [6.07, 6.45) is 5.72. The maximum atomic E-state index is 9.58. The van der Waals surface area contributed by atoms with Crippen LogP contribution in [0.3, 0.4) is 0 Å². The molecule has 0 radical (unpaired) electrons. The van der Waals surface area contributed by atoms with Crippen LogP contribution in [0.15, 0.2) is 0 Å². The molecular formula is C14H29NO2. The summed E-state index contributed by atoms with van der Waals surface area (Å²) in [4.78, 5) is 0. The molecule has 17 heavy (non-hydrogen) atoms. The third kappa shape index (κ3) is 5.36. The van der Waals surface area contributed by atoms with Gasteiger partial charge >= 0.3 is 0 Å². The number of rotatable bonds is 7. The zero-order valence-electron chi connectivity index (χ0n) is 11.6. The Morgan fingerprint density at radius 2 is 2.18 bits per heavy atom. The molecule has 1 fully saturated rings. The summed E-state index contributed by atoms with van der Waals surface area (Å²) >= 11 is 0. The first-order chi connectivity index (χ1) is 8.17. The van der Waals surface area contributed by atoms with Gasteiger partial charge in [0.25, 0.3) is 0 Å². The molecule has 1 saturated carbocycles. The van der Waals surface area contributed by atoms with Crippen LogP contribution >= 0.6 is 0 Å². The van der Waals surface area contributed by atoms with Crippen molar-refractivity contribution in [3.05, 3.63) is 0 Å². The highest BCUT2D eigenvalue weighted by Crippen LogP contribution is 2.30. The van der Waals surface area contributed by atoms with E-state index >= 15 is 0 Å². The molecule has 3 heteroatoms. The Hall–Kier alpha value is -0.120. The SMILES string of the molecule is CCC1CC(C)CCC1NCCC(O)COC. The zero-order valence-corrected chi connectivity index (χ0v) is 11.6. The highest BCUT2D eigenvalue weighted by molar-refractivity contribution is 4.82. The van der Waals surface area contributed by atoms with Crippen LogP contribution in [0.25, 0.3) is 0 Å². The smallest absolute Gasteiger partial charge is 0.0785 e. The predicted octanol–water partition coefficient (Wildman–Crippen LogP) is 2.19. The quantitative estimate of drug-likeness (QED) is 0.720. The highest BCUT2D eigenvalue weighted by atomic mass is 16.5. The Labute approximate surface area is 106 Å². The lowest BCUT2D eigenvalue weighted by Gasteiger charge is -2.35. The second-order valence-corrected chi connectivity index (χ2v) is 5.55. The van der Waals surface area contributed by atoms with Crippen molar-refractivity contribution in [3.63, 3.8) is 0 Å². The lowest BCUT2D eigenvalue weighted by Crippen LogP contribution is -2.41. The molecule has 0 aromatic rings. The van der Waals surface area contributed by atoms with Gasteiger partial charge in [-0.3, -0.25) is 0 Å². The van der Waals surface area contributed by atoms with Gasteiger partial charge in [-0.25, -0.2) is 0 Å². The average Bonchev–Trinajstić information content (AvgIpc) is 2.31. The van der Waals surface area contributed by atoms with Crippen LogP contribution in [0.2, 0.25) is 0 Å². The maximum Gasteiger partial charge on any atom is 0.0785 e. The van der Waals surface area contributed by atoms with Crippen LogP contribution in [-0.2, 0) is 4.74 Å². The van der Waals surface area contributed by atoms with Gasteiger partial charge in [-0.05, 0) is 44.1 Å². The fraction of sp³-hybridized carbons (Fsp3) is 1.00. The van der Waals surface area contributed by atoms with Crippen LogP contribution in [0.1, 0.15) is 46.0 Å². The summed E-state index contributed by atoms with van der Waals surface area (Å²) in [6, 6.07) is 0.658. The summed E-state index contributed by atoms with van der Waals surface area (Å²) in [7, 11) is 1.63. The zero-order chi connectivity index (χ0) is 12.7. The minimum Gasteiger partial charge on any atom is -0.391 e. The van der Waals surface area contributed by atoms with E-state index in [4.69, 9.17) is 4.74 Å². The number of hydrogen-bond acceptors (Lipinski definition) is 3. The molecule has 4 unspecified atom stereocenters. The number of aliphatic hydroxyl groups excluding tert-OH is 1. The van der Waals surface area contributed by atoms with E-state index in [1.54, 1.807) is 7.11 Å². The van der Waals surface area contributed by atoms with Gasteiger partial charge in [0.15, 0.2) is 0 Å². The Kier molecular flexibility index (Phi) is 7.09. The molecule has 0 heterocycles. The van der Waals surface area contributed by atoms with Crippen molar-refractivity contribution < 1.29 is 9.84 Å². The molecule has 1 aliphatic carbocycles. The van der Waals surface area contributed by atoms with Crippen LogP contribution in [0.5, 0.6) is 0 Å². The van der Waals surface area contributed by atoms with E-state index < -0.39 is 0 Å². The van der Waals surface area contributed by atoms with Crippen molar-refractivity contribution in [2.45, 2.75) is 58.1 Å². The van der Waals surface area contributed by atoms with E-state index in [2.05, 4.69) is 19.2 Å². The third-order valence-corrected chi connectivity index (χ3v) is 4.01. The Balaban J connectivity index is 2.21. The molecule has 2 N–H and O–H groups in total. The van der Waals surface area contributed by atoms with Gasteiger partial charge in [0.2, 0.25) is 0 Å². The lowest BCUT2D eigenvalue weighted by atomic mass is 9.77. The van der Waals surface area contributed by atoms with Crippen LogP contribution < -0.4 is 5.32 Å². The van der Waals surface area contributed by atoms with Crippen LogP contribution in [-0.4, -0.2) is 37.5 Å². The summed E-state index contributed by atoms with van der Waals surface area (Å²) in [5.74, 6) is 1.70. The average molecular weight is 243 g/mol. The first kappa shape index (κ1) is 14.9. The Bertz CT molecular complexity index is 199. The molecule has 0 amide bonds. The van der Waals surface area contributed by atoms with Crippen LogP contribution in [0.4, 0.5) is 0 Å². The van der Waals surface area contributed by atoms with E-state index in [0.29, 0.717) is 12.6 Å². The van der Waals surface area contributed by atoms with Crippen molar-refractivity contribution in [2.75, 3.05) is 20.3 Å². The van der Waals surface area contributed by atoms with Gasteiger partial charge in [-0.15, -0.1) is 0 Å². The van der Waals surface area contributed by atoms with Gasteiger partial charge < -0.3 is 15.2 Å². The number of aliphatic hydroxyl groups is 1. The van der Waals surface area contributed by atoms with Gasteiger partial charge in [0.05, 0.1) is 12.7 Å². The molecule has 1 rings (SSSR count). The summed E-state index contributed by atoms with van der Waals surface area (Å²) in [6.45, 7) is 6.00. The van der Waals surface area contributed by atoms with E-state index in [0.717, 1.165) is 24.8 Å². The summed E-state index contributed by atoms with van der Waals surface area (Å²) < 4.78 is 4.92. The van der Waals surface area contributed by atoms with E-state index in [-0.39, 0.29) is 6.10 Å². The Morgan fingerprint density at radius 1 is 1.41 bits per heavy atom. The fourth-order valence-corrected chi connectivity index (χ4v) is 2.93. The van der Waals surface area contributed by atoms with Gasteiger partial charge in [-0.1, -0.05) is 20.3 Å². The second-order valence-electron chi connectivity index (χ2n) is 5.55. The minimum absolute atomic E-state index is 0.324. The van der Waals surface area contributed by atoms with Crippen LogP contribution in [0, 0.1) is 11.8 Å². The van der Waals surface area contributed by atoms with Gasteiger partial charge in [0.1, 0.15) is 0 Å². The molecule has 3 nitrogen and oxygen atoms in total. The summed E-state index contributed by atoms with van der Waals surface area (Å²) in [5, 5.41) is 13.2. The van der Waals surface area contributed by atoms with E-state index in [1.165, 1.54) is 25.7 Å². The maximum absolute atomic E-state index is 9.58. The second kappa shape index (κ2) is 8.06. The standard InChI is InChI=1S/C14H29NO2/c1-4-12-9-11(2)5-6-14(12)15-8-7-13(16)10-17-3/h11-16H,4-10H2,1-3H3. The molecule has 0 aromatic carbocycles. The molecule has 0 spiro atoms. The van der Waals surface area contributed by atoms with E-state index in [9.17, 15) is 5.11 Å². The first-order valence-corrected chi connectivity index (χ1v) is 7.07. The number of nitrogens with one attached hydrogen (secondary N) is 1. The number of ether oxygens (including phenoxy) is 1. The largest absolute Gasteiger partial charge is 0.391 e. The van der Waals surface area contributed by atoms with Crippen molar-refractivity contribution in [3.8, 4) is 0 Å². The first-order valence-electron chi connectivity index (χ1n) is 7.07. The monoisotopic (exact) mass is 243 g/mol. The summed E-state index contributed by atoms with van der Waals surface area (Å²) in [5.41, 5.74) is 0. The van der Waals surface area contributed by atoms with Crippen molar-refractivity contribution in [1.29, 1.82) is 0 Å². The molecule has 4 atom stereocenters. The lowest BCUT2D eigenvalue weighted by molar-refractivity contribution is 0.0578. The Morgan fingerprint density at radius 3 is 2.82 bits per heavy atom. The molecule has 0 saturated heterocycles. The van der Waals surface area contributed by atoms with E-state index in [1.807, 2.05) is 0 Å². The topological polar surface area (TPSA) is 41.5 Å². The predicted molar refractivity (Wildman–Crippen MR) is 71.1 cm³/mol. The van der Waals surface area contributed by atoms with Gasteiger partial charge in [-0.2, -0.15) is 0 Å². The van der Waals surface area contributed by atoms with Crippen molar-refractivity contribution in [2.24, 2.45) is 11.8 Å². The molecule has 0 aromatic heterocycles. The minimum atomic E-state index is -0.324. The van der Waals surface area contributed by atoms with Crippen molar-refractivity contribution in [1.82, 2.24) is 5.32 Å². The molecule has 0 bridgehead atoms. The number of methoxy groups -OCH3 is 1. The fourth-order valence-electron chi connectivity index (χ4n) is 2.93. The molecular weight excluding hydrogens is 214 g/mol. The number of hydrogen-bond donors (Lipinski definition) is 2. The third-order valence-electron chi connectivity index (χ3n) is 4.01. The van der Waals surface area contributed by atoms with Crippen molar-refractivity contribution >= 4 is 0 Å².